The molecule has 9 heteroatoms. The first kappa shape index (κ1) is 23.7. The Balaban J connectivity index is 0.00000320. The molecule has 0 bridgehead atoms. The number of anilines is 1. The van der Waals surface area contributed by atoms with Gasteiger partial charge in [0.05, 0.1) is 24.4 Å². The number of hydrogen-bond donors (Lipinski definition) is 0. The monoisotopic (exact) mass is 451 g/mol. The normalized spacial score (nSPS) is 10.6. The van der Waals surface area contributed by atoms with Gasteiger partial charge in [0.15, 0.2) is 11.7 Å². The number of carbonyl (C=O) groups excluding carboxylic acids is 1. The first-order chi connectivity index (χ1) is 14.0. The molecule has 1 aromatic heterocycles. The van der Waals surface area contributed by atoms with Crippen LogP contribution in [0.25, 0.3) is 10.2 Å². The molecule has 0 fully saturated rings. The maximum absolute atomic E-state index is 13.0. The minimum Gasteiger partial charge on any atom is -0.497 e. The fraction of sp³-hybridized carbons (Fsp3) is 0.333. The number of ether oxygens (including phenoxy) is 3. The Bertz CT molecular complexity index is 980. The summed E-state index contributed by atoms with van der Waals surface area (Å²) in [5, 5.41) is 0.648. The Morgan fingerprint density at radius 1 is 1.00 bits per heavy atom. The zero-order chi connectivity index (χ0) is 20.8. The van der Waals surface area contributed by atoms with Crippen molar-refractivity contribution in [2.75, 3.05) is 52.9 Å². The van der Waals surface area contributed by atoms with Crippen molar-refractivity contribution in [3.8, 4) is 17.2 Å². The van der Waals surface area contributed by atoms with E-state index < -0.39 is 0 Å². The van der Waals surface area contributed by atoms with Crippen LogP contribution in [0, 0.1) is 0 Å². The number of hydrogen-bond acceptors (Lipinski definition) is 7. The fourth-order valence-corrected chi connectivity index (χ4v) is 3.71. The van der Waals surface area contributed by atoms with E-state index in [0.717, 1.165) is 16.0 Å². The van der Waals surface area contributed by atoms with Gasteiger partial charge in [-0.05, 0) is 44.4 Å². The maximum atomic E-state index is 13.0. The molecular formula is C21H26ClN3O4S. The highest BCUT2D eigenvalue weighted by Crippen LogP contribution is 2.31. The highest BCUT2D eigenvalue weighted by Gasteiger charge is 2.21. The number of benzene rings is 2. The molecule has 3 rings (SSSR count). The van der Waals surface area contributed by atoms with Gasteiger partial charge in [-0.15, -0.1) is 12.4 Å². The Kier molecular flexibility index (Phi) is 8.71. The van der Waals surface area contributed by atoms with E-state index in [0.29, 0.717) is 29.7 Å². The molecule has 0 aliphatic rings. The molecular weight excluding hydrogens is 426 g/mol. The second kappa shape index (κ2) is 11.0. The van der Waals surface area contributed by atoms with Gasteiger partial charge in [-0.2, -0.15) is 0 Å². The second-order valence-electron chi connectivity index (χ2n) is 6.65. The Hall–Kier alpha value is -2.55. The van der Waals surface area contributed by atoms with Gasteiger partial charge in [-0.25, -0.2) is 4.98 Å². The number of carbonyl (C=O) groups is 1. The number of halogens is 1. The van der Waals surface area contributed by atoms with Crippen molar-refractivity contribution < 1.29 is 19.0 Å². The molecule has 0 aliphatic heterocycles. The lowest BCUT2D eigenvalue weighted by molar-refractivity contribution is -0.120. The summed E-state index contributed by atoms with van der Waals surface area (Å²) in [6, 6.07) is 12.9. The third-order valence-corrected chi connectivity index (χ3v) is 5.33. The summed E-state index contributed by atoms with van der Waals surface area (Å²) in [6.07, 6.45) is 0. The van der Waals surface area contributed by atoms with Crippen LogP contribution < -0.4 is 19.1 Å². The number of likely N-dealkylation sites (N-methyl/N-ethyl adjacent to an activating group) is 1. The molecule has 2 aromatic carbocycles. The van der Waals surface area contributed by atoms with E-state index in [1.165, 1.54) is 11.3 Å². The minimum absolute atomic E-state index is 0. The lowest BCUT2D eigenvalue weighted by Gasteiger charge is -2.22. The summed E-state index contributed by atoms with van der Waals surface area (Å²) in [5.74, 6) is 1.87. The molecule has 30 heavy (non-hydrogen) atoms. The van der Waals surface area contributed by atoms with E-state index in [2.05, 4.69) is 4.98 Å². The quantitative estimate of drug-likeness (QED) is 0.494. The van der Waals surface area contributed by atoms with Crippen LogP contribution in [0.5, 0.6) is 17.2 Å². The van der Waals surface area contributed by atoms with Gasteiger partial charge in [0.25, 0.3) is 5.91 Å². The predicted octanol–water partition coefficient (Wildman–Crippen LogP) is 3.71. The first-order valence-corrected chi connectivity index (χ1v) is 9.98. The van der Waals surface area contributed by atoms with Gasteiger partial charge in [0.2, 0.25) is 0 Å². The van der Waals surface area contributed by atoms with Crippen molar-refractivity contribution in [1.82, 2.24) is 9.88 Å². The van der Waals surface area contributed by atoms with Crippen LogP contribution >= 0.6 is 23.7 Å². The molecule has 1 amide bonds. The van der Waals surface area contributed by atoms with Crippen molar-refractivity contribution in [2.45, 2.75) is 0 Å². The highest BCUT2D eigenvalue weighted by molar-refractivity contribution is 7.22. The molecule has 0 N–H and O–H groups in total. The molecule has 0 saturated heterocycles. The maximum Gasteiger partial charge on any atom is 0.266 e. The first-order valence-electron chi connectivity index (χ1n) is 9.16. The number of methoxy groups -OCH3 is 2. The second-order valence-corrected chi connectivity index (χ2v) is 7.66. The molecule has 0 unspecified atom stereocenters. The van der Waals surface area contributed by atoms with Crippen molar-refractivity contribution >= 4 is 45.0 Å². The zero-order valence-corrected chi connectivity index (χ0v) is 19.1. The van der Waals surface area contributed by atoms with Crippen LogP contribution in [0.1, 0.15) is 0 Å². The summed E-state index contributed by atoms with van der Waals surface area (Å²) in [4.78, 5) is 21.3. The molecule has 1 heterocycles. The number of rotatable bonds is 9. The lowest BCUT2D eigenvalue weighted by Crippen LogP contribution is -2.39. The third kappa shape index (κ3) is 5.98. The summed E-state index contributed by atoms with van der Waals surface area (Å²) in [7, 11) is 7.17. The summed E-state index contributed by atoms with van der Waals surface area (Å²) >= 11 is 1.46. The molecule has 0 spiro atoms. The SMILES string of the molecule is COc1cccc(OCC(=O)N(CCN(C)C)c2nc3ccc(OC)cc3s2)c1.Cl. The van der Waals surface area contributed by atoms with Crippen molar-refractivity contribution in [3.05, 3.63) is 42.5 Å². The molecule has 0 radical (unpaired) electrons. The predicted molar refractivity (Wildman–Crippen MR) is 123 cm³/mol. The van der Waals surface area contributed by atoms with Crippen molar-refractivity contribution in [3.63, 3.8) is 0 Å². The number of aromatic nitrogens is 1. The van der Waals surface area contributed by atoms with Gasteiger partial charge in [-0.1, -0.05) is 17.4 Å². The molecule has 162 valence electrons. The topological polar surface area (TPSA) is 64.1 Å². The average molecular weight is 452 g/mol. The van der Waals surface area contributed by atoms with Gasteiger partial charge in [0, 0.05) is 19.2 Å². The molecule has 0 atom stereocenters. The fourth-order valence-electron chi connectivity index (χ4n) is 2.68. The lowest BCUT2D eigenvalue weighted by atomic mass is 10.3. The standard InChI is InChI=1S/C21H25N3O4S.ClH/c1-23(2)10-11-24(20(25)14-28-17-7-5-6-15(12-17)26-3)21-22-18-9-8-16(27-4)13-19(18)29-21;/h5-9,12-13H,10-11,14H2,1-4H3;1H. The molecule has 0 aliphatic carbocycles. The van der Waals surface area contributed by atoms with Crippen LogP contribution in [-0.2, 0) is 4.79 Å². The number of amides is 1. The average Bonchev–Trinajstić information content (AvgIpc) is 3.15. The van der Waals surface area contributed by atoms with E-state index >= 15 is 0 Å². The van der Waals surface area contributed by atoms with Crippen molar-refractivity contribution in [1.29, 1.82) is 0 Å². The van der Waals surface area contributed by atoms with Crippen LogP contribution in [0.3, 0.4) is 0 Å². The Morgan fingerprint density at radius 2 is 1.70 bits per heavy atom. The van der Waals surface area contributed by atoms with Crippen molar-refractivity contribution in [2.24, 2.45) is 0 Å². The van der Waals surface area contributed by atoms with Crippen LogP contribution in [0.4, 0.5) is 5.13 Å². The Labute approximate surface area is 186 Å². The minimum atomic E-state index is -0.152. The third-order valence-electron chi connectivity index (χ3n) is 4.29. The number of fused-ring (bicyclic) bond motifs is 1. The molecule has 3 aromatic rings. The van der Waals surface area contributed by atoms with E-state index in [1.807, 2.05) is 49.3 Å². The van der Waals surface area contributed by atoms with Crippen LogP contribution in [-0.4, -0.2) is 63.8 Å². The van der Waals surface area contributed by atoms with E-state index in [-0.39, 0.29) is 24.9 Å². The van der Waals surface area contributed by atoms with E-state index in [1.54, 1.807) is 31.3 Å². The van der Waals surface area contributed by atoms with E-state index in [4.69, 9.17) is 14.2 Å². The zero-order valence-electron chi connectivity index (χ0n) is 17.5. The van der Waals surface area contributed by atoms with Crippen LogP contribution in [0.15, 0.2) is 42.5 Å². The summed E-state index contributed by atoms with van der Waals surface area (Å²) in [5.41, 5.74) is 0.835. The molecule has 7 nitrogen and oxygen atoms in total. The van der Waals surface area contributed by atoms with Gasteiger partial charge < -0.3 is 19.1 Å². The molecule has 0 saturated carbocycles. The summed E-state index contributed by atoms with van der Waals surface area (Å²) in [6.45, 7) is 1.15. The smallest absolute Gasteiger partial charge is 0.266 e. The highest BCUT2D eigenvalue weighted by atomic mass is 35.5. The largest absolute Gasteiger partial charge is 0.497 e. The van der Waals surface area contributed by atoms with Gasteiger partial charge in [-0.3, -0.25) is 9.69 Å². The van der Waals surface area contributed by atoms with E-state index in [9.17, 15) is 4.79 Å². The van der Waals surface area contributed by atoms with Gasteiger partial charge >= 0.3 is 0 Å². The Morgan fingerprint density at radius 3 is 2.40 bits per heavy atom. The number of nitrogens with zero attached hydrogens (tertiary/aromatic N) is 3. The number of thiazole rings is 1. The van der Waals surface area contributed by atoms with Crippen LogP contribution in [0.2, 0.25) is 0 Å². The summed E-state index contributed by atoms with van der Waals surface area (Å²) < 4.78 is 17.2. The van der Waals surface area contributed by atoms with Gasteiger partial charge in [0.1, 0.15) is 17.2 Å².